The second-order valence-corrected chi connectivity index (χ2v) is 5.22. The minimum Gasteiger partial charge on any atom is -0.393 e. The lowest BCUT2D eigenvalue weighted by atomic mass is 9.93. The van der Waals surface area contributed by atoms with Crippen LogP contribution in [0.1, 0.15) is 42.2 Å². The lowest BCUT2D eigenvalue weighted by Crippen LogP contribution is -2.52. The van der Waals surface area contributed by atoms with Crippen molar-refractivity contribution in [1.29, 1.82) is 0 Å². The number of nitrogens with one attached hydrogen (secondary N) is 1. The quantitative estimate of drug-likeness (QED) is 0.733. The number of piperidine rings is 1. The van der Waals surface area contributed by atoms with Crippen LogP contribution in [0.5, 0.6) is 0 Å². The van der Waals surface area contributed by atoms with Gasteiger partial charge in [-0.1, -0.05) is 13.3 Å². The molecular formula is C13H21N3O3. The predicted octanol–water partition coefficient (Wildman–Crippen LogP) is 0.322. The summed E-state index contributed by atoms with van der Waals surface area (Å²) in [6.45, 7) is 2.52. The average Bonchev–Trinajstić information content (AvgIpc) is 2.87. The fourth-order valence-corrected chi connectivity index (χ4v) is 2.52. The van der Waals surface area contributed by atoms with Gasteiger partial charge in [-0.25, -0.2) is 0 Å². The number of aryl methyl sites for hydroxylation is 1. The molecule has 19 heavy (non-hydrogen) atoms. The third-order valence-electron chi connectivity index (χ3n) is 3.59. The molecule has 1 atom stereocenters. The minimum absolute atomic E-state index is 0.122. The van der Waals surface area contributed by atoms with Gasteiger partial charge in [-0.05, 0) is 19.3 Å². The van der Waals surface area contributed by atoms with Crippen LogP contribution in [0.4, 0.5) is 0 Å². The van der Waals surface area contributed by atoms with E-state index in [0.29, 0.717) is 24.9 Å². The predicted molar refractivity (Wildman–Crippen MR) is 69.8 cm³/mol. The second-order valence-electron chi connectivity index (χ2n) is 5.22. The van der Waals surface area contributed by atoms with Gasteiger partial charge >= 0.3 is 0 Å². The average molecular weight is 267 g/mol. The molecule has 1 fully saturated rings. The Bertz CT molecular complexity index is 446. The molecule has 1 aromatic heterocycles. The van der Waals surface area contributed by atoms with Crippen molar-refractivity contribution in [2.75, 3.05) is 19.7 Å². The number of rotatable bonds is 4. The highest BCUT2D eigenvalue weighted by molar-refractivity contribution is 5.95. The fourth-order valence-electron chi connectivity index (χ4n) is 2.52. The third kappa shape index (κ3) is 2.96. The molecule has 3 N–H and O–H groups in total. The number of H-pyrrole nitrogens is 1. The number of nitrogens with zero attached hydrogens (tertiary/aromatic N) is 2. The minimum atomic E-state index is -1.16. The Morgan fingerprint density at radius 2 is 2.42 bits per heavy atom. The number of carbonyl (C=O) groups excluding carboxylic acids is 1. The van der Waals surface area contributed by atoms with E-state index in [4.69, 9.17) is 0 Å². The van der Waals surface area contributed by atoms with Crippen LogP contribution in [-0.4, -0.2) is 56.5 Å². The van der Waals surface area contributed by atoms with Gasteiger partial charge in [0.25, 0.3) is 5.91 Å². The lowest BCUT2D eigenvalue weighted by Gasteiger charge is -2.38. The van der Waals surface area contributed by atoms with Crippen LogP contribution in [0, 0.1) is 0 Å². The number of amides is 1. The third-order valence-corrected chi connectivity index (χ3v) is 3.59. The van der Waals surface area contributed by atoms with Crippen LogP contribution in [-0.2, 0) is 6.42 Å². The molecule has 0 radical (unpaired) electrons. The summed E-state index contributed by atoms with van der Waals surface area (Å²) >= 11 is 0. The molecule has 0 spiro atoms. The Hall–Kier alpha value is -1.40. The number of hydrogen-bond donors (Lipinski definition) is 3. The largest absolute Gasteiger partial charge is 0.393 e. The number of aromatic nitrogens is 2. The summed E-state index contributed by atoms with van der Waals surface area (Å²) in [6, 6.07) is 0. The summed E-state index contributed by atoms with van der Waals surface area (Å²) in [7, 11) is 0. The van der Waals surface area contributed by atoms with Crippen molar-refractivity contribution in [2.45, 2.75) is 38.2 Å². The van der Waals surface area contributed by atoms with Gasteiger partial charge in [0.2, 0.25) is 0 Å². The molecule has 6 heteroatoms. The van der Waals surface area contributed by atoms with Crippen molar-refractivity contribution in [2.24, 2.45) is 0 Å². The van der Waals surface area contributed by atoms with Crippen LogP contribution in [0.3, 0.4) is 0 Å². The van der Waals surface area contributed by atoms with Crippen molar-refractivity contribution in [1.82, 2.24) is 15.1 Å². The van der Waals surface area contributed by atoms with Crippen molar-refractivity contribution in [3.63, 3.8) is 0 Å². The maximum atomic E-state index is 12.4. The van der Waals surface area contributed by atoms with Gasteiger partial charge in [0.1, 0.15) is 5.60 Å². The first-order chi connectivity index (χ1) is 9.09. The van der Waals surface area contributed by atoms with Gasteiger partial charge in [0.15, 0.2) is 0 Å². The van der Waals surface area contributed by atoms with E-state index in [-0.39, 0.29) is 19.1 Å². The second kappa shape index (κ2) is 5.71. The molecule has 0 aromatic carbocycles. The first-order valence-electron chi connectivity index (χ1n) is 6.74. The molecule has 1 amide bonds. The van der Waals surface area contributed by atoms with E-state index in [2.05, 4.69) is 10.2 Å². The summed E-state index contributed by atoms with van der Waals surface area (Å²) in [5, 5.41) is 26.1. The molecule has 1 aliphatic rings. The molecule has 1 unspecified atom stereocenters. The van der Waals surface area contributed by atoms with Crippen LogP contribution in [0.25, 0.3) is 0 Å². The molecule has 2 heterocycles. The number of aromatic amines is 1. The van der Waals surface area contributed by atoms with Gasteiger partial charge < -0.3 is 15.1 Å². The Balaban J connectivity index is 2.12. The van der Waals surface area contributed by atoms with Crippen molar-refractivity contribution < 1.29 is 15.0 Å². The van der Waals surface area contributed by atoms with E-state index < -0.39 is 5.60 Å². The number of aliphatic hydroxyl groups is 2. The topological polar surface area (TPSA) is 89.5 Å². The maximum absolute atomic E-state index is 12.4. The molecule has 106 valence electrons. The Labute approximate surface area is 112 Å². The summed E-state index contributed by atoms with van der Waals surface area (Å²) in [4.78, 5) is 14.0. The Morgan fingerprint density at radius 1 is 1.63 bits per heavy atom. The molecular weight excluding hydrogens is 246 g/mol. The number of likely N-dealkylation sites (tertiary alicyclic amines) is 1. The molecule has 6 nitrogen and oxygen atoms in total. The monoisotopic (exact) mass is 267 g/mol. The first kappa shape index (κ1) is 14.0. The van der Waals surface area contributed by atoms with E-state index in [1.807, 2.05) is 6.92 Å². The number of β-amino-alcohol motifs (C(OH)–C–C–N with tert-alkyl or cyclic N) is 1. The number of hydrogen-bond acceptors (Lipinski definition) is 4. The van der Waals surface area contributed by atoms with Gasteiger partial charge in [0, 0.05) is 12.2 Å². The SMILES string of the molecule is CCCc1[nH]ncc1C(=O)N1CCCC(O)(CO)C1. The molecule has 0 bridgehead atoms. The zero-order chi connectivity index (χ0) is 13.9. The van der Waals surface area contributed by atoms with Crippen LogP contribution < -0.4 is 0 Å². The maximum Gasteiger partial charge on any atom is 0.257 e. The van der Waals surface area contributed by atoms with Crippen molar-refractivity contribution in [3.05, 3.63) is 17.5 Å². The molecule has 1 saturated heterocycles. The van der Waals surface area contributed by atoms with Gasteiger partial charge in [-0.2, -0.15) is 5.10 Å². The first-order valence-corrected chi connectivity index (χ1v) is 6.74. The molecule has 0 saturated carbocycles. The van der Waals surface area contributed by atoms with Crippen LogP contribution in [0.2, 0.25) is 0 Å². The fraction of sp³-hybridized carbons (Fsp3) is 0.692. The normalized spacial score (nSPS) is 23.6. The number of carbonyl (C=O) groups is 1. The van der Waals surface area contributed by atoms with E-state index in [9.17, 15) is 15.0 Å². The lowest BCUT2D eigenvalue weighted by molar-refractivity contribution is -0.0598. The van der Waals surface area contributed by atoms with Gasteiger partial charge in [-0.15, -0.1) is 0 Å². The number of aliphatic hydroxyl groups excluding tert-OH is 1. The van der Waals surface area contributed by atoms with E-state index in [0.717, 1.165) is 18.5 Å². The highest BCUT2D eigenvalue weighted by Crippen LogP contribution is 2.22. The summed E-state index contributed by atoms with van der Waals surface area (Å²) in [5.74, 6) is -0.122. The van der Waals surface area contributed by atoms with E-state index in [1.165, 1.54) is 0 Å². The summed E-state index contributed by atoms with van der Waals surface area (Å²) in [6.07, 6.45) is 4.48. The summed E-state index contributed by atoms with van der Waals surface area (Å²) < 4.78 is 0. The van der Waals surface area contributed by atoms with Crippen molar-refractivity contribution >= 4 is 5.91 Å². The zero-order valence-corrected chi connectivity index (χ0v) is 11.2. The molecule has 0 aliphatic carbocycles. The Kier molecular flexibility index (Phi) is 4.21. The van der Waals surface area contributed by atoms with E-state index in [1.54, 1.807) is 11.1 Å². The molecule has 1 aromatic rings. The molecule has 1 aliphatic heterocycles. The highest BCUT2D eigenvalue weighted by atomic mass is 16.3. The van der Waals surface area contributed by atoms with Gasteiger partial charge in [0.05, 0.1) is 24.9 Å². The van der Waals surface area contributed by atoms with Gasteiger partial charge in [-0.3, -0.25) is 9.89 Å². The van der Waals surface area contributed by atoms with E-state index >= 15 is 0 Å². The molecule has 2 rings (SSSR count). The van der Waals surface area contributed by atoms with Crippen molar-refractivity contribution in [3.8, 4) is 0 Å². The zero-order valence-electron chi connectivity index (χ0n) is 11.2. The standard InChI is InChI=1S/C13H21N3O3/c1-2-4-11-10(7-14-15-11)12(18)16-6-3-5-13(19,8-16)9-17/h7,17,19H,2-6,8-9H2,1H3,(H,14,15). The summed E-state index contributed by atoms with van der Waals surface area (Å²) in [5.41, 5.74) is 0.248. The van der Waals surface area contributed by atoms with Crippen LogP contribution >= 0.6 is 0 Å². The Morgan fingerprint density at radius 3 is 3.11 bits per heavy atom. The highest BCUT2D eigenvalue weighted by Gasteiger charge is 2.35. The smallest absolute Gasteiger partial charge is 0.257 e. The van der Waals surface area contributed by atoms with Crippen LogP contribution in [0.15, 0.2) is 6.20 Å².